The van der Waals surface area contributed by atoms with Gasteiger partial charge in [-0.25, -0.2) is 9.59 Å². The summed E-state index contributed by atoms with van der Waals surface area (Å²) < 4.78 is 10.2. The Kier molecular flexibility index (Phi) is 7.38. The average molecular weight is 298 g/mol. The van der Waals surface area contributed by atoms with Crippen LogP contribution in [0.15, 0.2) is 24.3 Å². The van der Waals surface area contributed by atoms with Gasteiger partial charge < -0.3 is 24.8 Å². The number of carbonyl (C=O) groups excluding carboxylic acids is 1. The normalized spacial score (nSPS) is 11.9. The Hall–Kier alpha value is -1.96. The number of rotatable bonds is 9. The third kappa shape index (κ3) is 5.50. The molecule has 0 aliphatic heterocycles. The average Bonchev–Trinajstić information content (AvgIpc) is 2.49. The molecule has 1 aromatic rings. The molecule has 0 saturated carbocycles. The van der Waals surface area contributed by atoms with E-state index in [0.29, 0.717) is 0 Å². The molecule has 1 rings (SSSR count). The number of hydrogen-bond acceptors (Lipinski definition) is 6. The number of aromatic carboxylic acids is 1. The second kappa shape index (κ2) is 9.06. The molecule has 0 spiro atoms. The van der Waals surface area contributed by atoms with Crippen molar-refractivity contribution in [1.82, 2.24) is 0 Å². The Balaban J connectivity index is 2.65. The van der Waals surface area contributed by atoms with Crippen LogP contribution in [-0.4, -0.2) is 59.8 Å². The smallest absolute Gasteiger partial charge is 0.339 e. The Morgan fingerprint density at radius 1 is 1.10 bits per heavy atom. The number of aliphatic hydroxyl groups excluding tert-OH is 2. The van der Waals surface area contributed by atoms with Gasteiger partial charge in [0.2, 0.25) is 0 Å². The summed E-state index contributed by atoms with van der Waals surface area (Å²) in [5.41, 5.74) is -0.188. The summed E-state index contributed by atoms with van der Waals surface area (Å²) in [4.78, 5) is 22.9. The lowest BCUT2D eigenvalue weighted by molar-refractivity contribution is -0.0273. The fourth-order valence-electron chi connectivity index (χ4n) is 1.67. The zero-order chi connectivity index (χ0) is 15.7. The Labute approximate surface area is 121 Å². The molecule has 0 radical (unpaired) electrons. The first-order valence-electron chi connectivity index (χ1n) is 6.43. The number of esters is 1. The molecule has 1 atom stereocenters. The van der Waals surface area contributed by atoms with Crippen molar-refractivity contribution in [3.63, 3.8) is 0 Å². The van der Waals surface area contributed by atoms with Crippen molar-refractivity contribution >= 4 is 11.9 Å². The summed E-state index contributed by atoms with van der Waals surface area (Å²) in [6.45, 7) is -0.404. The maximum atomic E-state index is 11.9. The second-order valence-corrected chi connectivity index (χ2v) is 4.18. The molecule has 7 heteroatoms. The van der Waals surface area contributed by atoms with Crippen LogP contribution in [0.3, 0.4) is 0 Å². The summed E-state index contributed by atoms with van der Waals surface area (Å²) in [7, 11) is 0. The zero-order valence-electron chi connectivity index (χ0n) is 11.4. The van der Waals surface area contributed by atoms with Crippen LogP contribution in [0, 0.1) is 0 Å². The van der Waals surface area contributed by atoms with Gasteiger partial charge in [0.05, 0.1) is 30.4 Å². The molecule has 1 unspecified atom stereocenters. The van der Waals surface area contributed by atoms with E-state index in [1.54, 1.807) is 0 Å². The van der Waals surface area contributed by atoms with Crippen molar-refractivity contribution in [2.24, 2.45) is 0 Å². The lowest BCUT2D eigenvalue weighted by Crippen LogP contribution is -2.25. The predicted molar refractivity (Wildman–Crippen MR) is 72.2 cm³/mol. The molecule has 0 heterocycles. The minimum absolute atomic E-state index is 0.0464. The van der Waals surface area contributed by atoms with Gasteiger partial charge in [-0.05, 0) is 18.6 Å². The van der Waals surface area contributed by atoms with Crippen LogP contribution < -0.4 is 0 Å². The van der Waals surface area contributed by atoms with Crippen molar-refractivity contribution < 1.29 is 34.4 Å². The Morgan fingerprint density at radius 2 is 1.76 bits per heavy atom. The van der Waals surface area contributed by atoms with E-state index in [4.69, 9.17) is 24.8 Å². The fourth-order valence-corrected chi connectivity index (χ4v) is 1.67. The fraction of sp³-hybridized carbons (Fsp3) is 0.429. The highest BCUT2D eigenvalue weighted by Gasteiger charge is 2.19. The standard InChI is InChI=1S/C14H18O7/c15-6-5-10(20-8-7-16)9-21-14(19)12-4-2-1-3-11(12)13(17)18/h1-4,10,15-16H,5-9H2,(H,17,18). The van der Waals surface area contributed by atoms with Crippen LogP contribution in [0.4, 0.5) is 0 Å². The van der Waals surface area contributed by atoms with E-state index in [0.717, 1.165) is 0 Å². The molecule has 0 bridgehead atoms. The molecule has 0 fully saturated rings. The SMILES string of the molecule is O=C(O)c1ccccc1C(=O)OCC(CCO)OCCO. The van der Waals surface area contributed by atoms with E-state index in [1.807, 2.05) is 0 Å². The molecule has 0 aromatic heterocycles. The number of carboxylic acids is 1. The van der Waals surface area contributed by atoms with Crippen LogP contribution in [-0.2, 0) is 9.47 Å². The van der Waals surface area contributed by atoms with Crippen LogP contribution in [0.1, 0.15) is 27.1 Å². The quantitative estimate of drug-likeness (QED) is 0.562. The Bertz CT molecular complexity index is 472. The number of carboxylic acid groups (broad SMARTS) is 1. The van der Waals surface area contributed by atoms with E-state index >= 15 is 0 Å². The van der Waals surface area contributed by atoms with Gasteiger partial charge in [0.15, 0.2) is 0 Å². The van der Waals surface area contributed by atoms with Crippen molar-refractivity contribution in [2.45, 2.75) is 12.5 Å². The van der Waals surface area contributed by atoms with E-state index in [1.165, 1.54) is 24.3 Å². The van der Waals surface area contributed by atoms with Gasteiger partial charge in [-0.15, -0.1) is 0 Å². The molecule has 116 valence electrons. The van der Waals surface area contributed by atoms with Gasteiger partial charge >= 0.3 is 11.9 Å². The van der Waals surface area contributed by atoms with Crippen molar-refractivity contribution in [1.29, 1.82) is 0 Å². The number of carbonyl (C=O) groups is 2. The monoisotopic (exact) mass is 298 g/mol. The molecule has 3 N–H and O–H groups in total. The molecule has 21 heavy (non-hydrogen) atoms. The van der Waals surface area contributed by atoms with Gasteiger partial charge in [0.25, 0.3) is 0 Å². The predicted octanol–water partition coefficient (Wildman–Crippen LogP) is 0.302. The van der Waals surface area contributed by atoms with Crippen LogP contribution >= 0.6 is 0 Å². The number of hydrogen-bond donors (Lipinski definition) is 3. The molecule has 0 aliphatic rings. The van der Waals surface area contributed by atoms with Gasteiger partial charge in [-0.1, -0.05) is 12.1 Å². The highest BCUT2D eigenvalue weighted by molar-refractivity contribution is 6.02. The maximum absolute atomic E-state index is 11.9. The van der Waals surface area contributed by atoms with E-state index < -0.39 is 18.0 Å². The van der Waals surface area contributed by atoms with Crippen LogP contribution in [0.5, 0.6) is 0 Å². The van der Waals surface area contributed by atoms with Crippen LogP contribution in [0.2, 0.25) is 0 Å². The maximum Gasteiger partial charge on any atom is 0.339 e. The summed E-state index contributed by atoms with van der Waals surface area (Å²) in [5, 5.41) is 26.5. The summed E-state index contributed by atoms with van der Waals surface area (Å²) in [5.74, 6) is -1.99. The third-order valence-corrected chi connectivity index (χ3v) is 2.67. The highest BCUT2D eigenvalue weighted by Crippen LogP contribution is 2.11. The largest absolute Gasteiger partial charge is 0.478 e. The minimum atomic E-state index is -1.22. The summed E-state index contributed by atoms with van der Waals surface area (Å²) in [6, 6.07) is 5.73. The molecule has 0 aliphatic carbocycles. The first kappa shape index (κ1) is 17.1. The zero-order valence-corrected chi connectivity index (χ0v) is 11.4. The van der Waals surface area contributed by atoms with E-state index in [2.05, 4.69) is 0 Å². The van der Waals surface area contributed by atoms with Gasteiger partial charge in [0, 0.05) is 6.61 Å². The molecular weight excluding hydrogens is 280 g/mol. The van der Waals surface area contributed by atoms with Crippen molar-refractivity contribution in [3.05, 3.63) is 35.4 Å². The number of aliphatic hydroxyl groups is 2. The third-order valence-electron chi connectivity index (χ3n) is 2.67. The van der Waals surface area contributed by atoms with E-state index in [-0.39, 0.29) is 44.0 Å². The Morgan fingerprint density at radius 3 is 2.33 bits per heavy atom. The second-order valence-electron chi connectivity index (χ2n) is 4.18. The molecule has 1 aromatic carbocycles. The minimum Gasteiger partial charge on any atom is -0.478 e. The molecular formula is C14H18O7. The van der Waals surface area contributed by atoms with Gasteiger partial charge in [-0.3, -0.25) is 0 Å². The first-order valence-corrected chi connectivity index (χ1v) is 6.43. The van der Waals surface area contributed by atoms with E-state index in [9.17, 15) is 9.59 Å². The van der Waals surface area contributed by atoms with Gasteiger partial charge in [-0.2, -0.15) is 0 Å². The van der Waals surface area contributed by atoms with Crippen LogP contribution in [0.25, 0.3) is 0 Å². The van der Waals surface area contributed by atoms with Crippen molar-refractivity contribution in [2.75, 3.05) is 26.4 Å². The summed E-state index contributed by atoms with van der Waals surface area (Å²) >= 11 is 0. The molecule has 0 amide bonds. The number of ether oxygens (including phenoxy) is 2. The topological polar surface area (TPSA) is 113 Å². The summed E-state index contributed by atoms with van der Waals surface area (Å²) in [6.07, 6.45) is -0.309. The number of benzene rings is 1. The lowest BCUT2D eigenvalue weighted by Gasteiger charge is -2.16. The first-order chi connectivity index (χ1) is 10.1. The highest BCUT2D eigenvalue weighted by atomic mass is 16.6. The molecule has 7 nitrogen and oxygen atoms in total. The van der Waals surface area contributed by atoms with Crippen molar-refractivity contribution in [3.8, 4) is 0 Å². The lowest BCUT2D eigenvalue weighted by atomic mass is 10.1. The van der Waals surface area contributed by atoms with Gasteiger partial charge in [0.1, 0.15) is 6.61 Å². The molecule has 0 saturated heterocycles.